The minimum Gasteiger partial charge on any atom is -0.497 e. The molecule has 2 heterocycles. The molecule has 0 atom stereocenters. The first-order chi connectivity index (χ1) is 11.8. The summed E-state index contributed by atoms with van der Waals surface area (Å²) in [6.07, 6.45) is 3.32. The molecule has 0 N–H and O–H groups in total. The molecule has 0 spiro atoms. The molecule has 0 saturated carbocycles. The van der Waals surface area contributed by atoms with Gasteiger partial charge in [0, 0.05) is 12.3 Å². The second kappa shape index (κ2) is 7.61. The molecule has 0 radical (unpaired) electrons. The fourth-order valence-electron chi connectivity index (χ4n) is 2.22. The van der Waals surface area contributed by atoms with Crippen LogP contribution in [0.15, 0.2) is 53.3 Å². The van der Waals surface area contributed by atoms with Crippen LogP contribution < -0.4 is 9.47 Å². The van der Waals surface area contributed by atoms with Gasteiger partial charge in [-0.05, 0) is 24.3 Å². The van der Waals surface area contributed by atoms with Crippen LogP contribution in [0.3, 0.4) is 0 Å². The summed E-state index contributed by atoms with van der Waals surface area (Å²) >= 11 is 0. The molecule has 0 amide bonds. The van der Waals surface area contributed by atoms with Gasteiger partial charge < -0.3 is 18.6 Å². The Balaban J connectivity index is 1.67. The van der Waals surface area contributed by atoms with Crippen LogP contribution >= 0.6 is 0 Å². The number of nitrogens with zero attached hydrogens (tertiary/aromatic N) is 2. The van der Waals surface area contributed by atoms with Gasteiger partial charge in [0.2, 0.25) is 5.89 Å². The van der Waals surface area contributed by atoms with Crippen molar-refractivity contribution >= 4 is 0 Å². The number of hydrogen-bond acceptors (Lipinski definition) is 6. The summed E-state index contributed by atoms with van der Waals surface area (Å²) in [6.45, 7) is 0.771. The molecular weight excluding hydrogens is 308 g/mol. The molecule has 6 heteroatoms. The van der Waals surface area contributed by atoms with Crippen LogP contribution in [0.4, 0.5) is 0 Å². The second-order valence-electron chi connectivity index (χ2n) is 5.02. The Labute approximate surface area is 140 Å². The molecular formula is C18H18N2O4. The normalized spacial score (nSPS) is 10.6. The van der Waals surface area contributed by atoms with Gasteiger partial charge in [0.25, 0.3) is 0 Å². The highest BCUT2D eigenvalue weighted by Gasteiger charge is 2.13. The largest absolute Gasteiger partial charge is 0.497 e. The van der Waals surface area contributed by atoms with Crippen molar-refractivity contribution in [2.75, 3.05) is 14.2 Å². The number of methoxy groups -OCH3 is 2. The second-order valence-corrected chi connectivity index (χ2v) is 5.02. The third kappa shape index (κ3) is 3.72. The quantitative estimate of drug-likeness (QED) is 0.662. The van der Waals surface area contributed by atoms with E-state index in [-0.39, 0.29) is 0 Å². The van der Waals surface area contributed by atoms with Crippen molar-refractivity contribution in [1.82, 2.24) is 9.97 Å². The first kappa shape index (κ1) is 16.0. The van der Waals surface area contributed by atoms with Crippen LogP contribution in [-0.2, 0) is 18.0 Å². The number of rotatable bonds is 7. The molecule has 0 aliphatic rings. The average Bonchev–Trinajstić information content (AvgIpc) is 3.10. The molecule has 2 aromatic heterocycles. The first-order valence-corrected chi connectivity index (χ1v) is 7.44. The molecule has 1 aromatic carbocycles. The first-order valence-electron chi connectivity index (χ1n) is 7.44. The van der Waals surface area contributed by atoms with Crippen LogP contribution in [0.25, 0.3) is 11.5 Å². The van der Waals surface area contributed by atoms with Crippen LogP contribution in [0.1, 0.15) is 11.4 Å². The van der Waals surface area contributed by atoms with E-state index in [0.717, 1.165) is 11.3 Å². The third-order valence-corrected chi connectivity index (χ3v) is 3.42. The van der Waals surface area contributed by atoms with E-state index in [2.05, 4.69) is 9.97 Å². The predicted octanol–water partition coefficient (Wildman–Crippen LogP) is 3.47. The summed E-state index contributed by atoms with van der Waals surface area (Å²) in [5.74, 6) is 1.82. The van der Waals surface area contributed by atoms with Gasteiger partial charge in [0.05, 0.1) is 38.7 Å². The summed E-state index contributed by atoms with van der Waals surface area (Å²) in [6, 6.07) is 11.2. The van der Waals surface area contributed by atoms with Crippen molar-refractivity contribution in [1.29, 1.82) is 0 Å². The molecule has 0 unspecified atom stereocenters. The maximum atomic E-state index is 5.61. The Morgan fingerprint density at radius 2 is 1.88 bits per heavy atom. The highest BCUT2D eigenvalue weighted by molar-refractivity contribution is 5.64. The number of aromatic nitrogens is 2. The summed E-state index contributed by atoms with van der Waals surface area (Å²) in [5.41, 5.74) is 2.34. The zero-order chi connectivity index (χ0) is 16.8. The SMILES string of the molecule is COc1ccc(-c2nc(COCc3ccccn3)co2)c(OC)c1. The summed E-state index contributed by atoms with van der Waals surface area (Å²) in [4.78, 5) is 8.65. The zero-order valence-electron chi connectivity index (χ0n) is 13.6. The lowest BCUT2D eigenvalue weighted by Gasteiger charge is -2.07. The fraction of sp³-hybridized carbons (Fsp3) is 0.222. The highest BCUT2D eigenvalue weighted by atomic mass is 16.5. The summed E-state index contributed by atoms with van der Waals surface area (Å²) in [5, 5.41) is 0. The molecule has 0 aliphatic heterocycles. The van der Waals surface area contributed by atoms with Gasteiger partial charge in [-0.2, -0.15) is 0 Å². The van der Waals surface area contributed by atoms with Crippen LogP contribution in [0.5, 0.6) is 11.5 Å². The molecule has 0 bridgehead atoms. The summed E-state index contributed by atoms with van der Waals surface area (Å²) < 4.78 is 21.7. The fourth-order valence-corrected chi connectivity index (χ4v) is 2.22. The van der Waals surface area contributed by atoms with Gasteiger partial charge in [-0.15, -0.1) is 0 Å². The van der Waals surface area contributed by atoms with Crippen LogP contribution in [0, 0.1) is 0 Å². The van der Waals surface area contributed by atoms with Crippen molar-refractivity contribution in [3.63, 3.8) is 0 Å². The Morgan fingerprint density at radius 3 is 2.62 bits per heavy atom. The van der Waals surface area contributed by atoms with Crippen molar-refractivity contribution in [3.8, 4) is 23.0 Å². The number of ether oxygens (including phenoxy) is 3. The highest BCUT2D eigenvalue weighted by Crippen LogP contribution is 2.32. The average molecular weight is 326 g/mol. The van der Waals surface area contributed by atoms with Gasteiger partial charge >= 0.3 is 0 Å². The predicted molar refractivity (Wildman–Crippen MR) is 87.8 cm³/mol. The van der Waals surface area contributed by atoms with E-state index in [4.69, 9.17) is 18.6 Å². The zero-order valence-corrected chi connectivity index (χ0v) is 13.6. The van der Waals surface area contributed by atoms with E-state index < -0.39 is 0 Å². The topological polar surface area (TPSA) is 66.6 Å². The third-order valence-electron chi connectivity index (χ3n) is 3.42. The van der Waals surface area contributed by atoms with E-state index in [1.165, 1.54) is 0 Å². The van der Waals surface area contributed by atoms with Gasteiger partial charge in [-0.3, -0.25) is 4.98 Å². The van der Waals surface area contributed by atoms with E-state index >= 15 is 0 Å². The molecule has 3 aromatic rings. The Bertz CT molecular complexity index is 787. The maximum absolute atomic E-state index is 5.61. The van der Waals surface area contributed by atoms with Crippen molar-refractivity contribution in [3.05, 3.63) is 60.2 Å². The number of oxazole rings is 1. The summed E-state index contributed by atoms with van der Waals surface area (Å²) in [7, 11) is 3.20. The smallest absolute Gasteiger partial charge is 0.230 e. The lowest BCUT2D eigenvalue weighted by molar-refractivity contribution is 0.102. The molecule has 24 heavy (non-hydrogen) atoms. The van der Waals surface area contributed by atoms with Crippen LogP contribution in [-0.4, -0.2) is 24.2 Å². The minimum absolute atomic E-state index is 0.346. The molecule has 6 nitrogen and oxygen atoms in total. The van der Waals surface area contributed by atoms with Crippen molar-refractivity contribution < 1.29 is 18.6 Å². The molecule has 0 fully saturated rings. The minimum atomic E-state index is 0.346. The van der Waals surface area contributed by atoms with Crippen molar-refractivity contribution in [2.24, 2.45) is 0 Å². The Morgan fingerprint density at radius 1 is 1.00 bits per heavy atom. The lowest BCUT2D eigenvalue weighted by atomic mass is 10.2. The van der Waals surface area contributed by atoms with Gasteiger partial charge in [0.1, 0.15) is 23.5 Å². The molecule has 3 rings (SSSR count). The van der Waals surface area contributed by atoms with Gasteiger partial charge in [-0.1, -0.05) is 6.07 Å². The number of pyridine rings is 1. The number of hydrogen-bond donors (Lipinski definition) is 0. The van der Waals surface area contributed by atoms with E-state index in [1.807, 2.05) is 30.3 Å². The molecule has 124 valence electrons. The van der Waals surface area contributed by atoms with Crippen molar-refractivity contribution in [2.45, 2.75) is 13.2 Å². The Kier molecular flexibility index (Phi) is 5.08. The standard InChI is InChI=1S/C18H18N2O4/c1-21-15-6-7-16(17(9-15)22-2)18-20-14(12-24-18)11-23-10-13-5-3-4-8-19-13/h3-9,12H,10-11H2,1-2H3. The molecule has 0 saturated heterocycles. The molecule has 0 aliphatic carbocycles. The monoisotopic (exact) mass is 326 g/mol. The lowest BCUT2D eigenvalue weighted by Crippen LogP contribution is -1.96. The maximum Gasteiger partial charge on any atom is 0.230 e. The van der Waals surface area contributed by atoms with E-state index in [1.54, 1.807) is 32.7 Å². The number of benzene rings is 1. The van der Waals surface area contributed by atoms with E-state index in [9.17, 15) is 0 Å². The van der Waals surface area contributed by atoms with Crippen LogP contribution in [0.2, 0.25) is 0 Å². The van der Waals surface area contributed by atoms with E-state index in [0.29, 0.717) is 36.3 Å². The Hall–Kier alpha value is -2.86. The van der Waals surface area contributed by atoms with Gasteiger partial charge in [-0.25, -0.2) is 4.98 Å². The van der Waals surface area contributed by atoms with Gasteiger partial charge in [0.15, 0.2) is 0 Å².